The highest BCUT2D eigenvalue weighted by atomic mass is 16.5. The lowest BCUT2D eigenvalue weighted by Crippen LogP contribution is -2.20. The fourth-order valence-corrected chi connectivity index (χ4v) is 1.99. The van der Waals surface area contributed by atoms with Gasteiger partial charge in [0.25, 0.3) is 0 Å². The van der Waals surface area contributed by atoms with E-state index in [1.807, 2.05) is 0 Å². The molecule has 0 atom stereocenters. The van der Waals surface area contributed by atoms with Crippen molar-refractivity contribution in [1.82, 2.24) is 0 Å². The molecule has 0 saturated carbocycles. The van der Waals surface area contributed by atoms with Crippen LogP contribution in [0.1, 0.15) is 25.7 Å². The first-order valence-corrected chi connectivity index (χ1v) is 6.84. The summed E-state index contributed by atoms with van der Waals surface area (Å²) in [6.45, 7) is -0.0279. The van der Waals surface area contributed by atoms with Crippen LogP contribution in [0.5, 0.6) is 0 Å². The van der Waals surface area contributed by atoms with Crippen LogP contribution in [0.2, 0.25) is 0 Å². The number of isocyanates is 2. The molecule has 118 valence electrons. The SMILES string of the molecule is O=C=NCCOC(=O)C1=C(C(=O)OCCN=C=O)CCCC1. The van der Waals surface area contributed by atoms with E-state index in [0.717, 1.165) is 12.8 Å². The molecule has 0 fully saturated rings. The smallest absolute Gasteiger partial charge is 0.334 e. The fraction of sp³-hybridized carbons (Fsp3) is 0.571. The molecular formula is C14H16N2O6. The second-order valence-electron chi connectivity index (χ2n) is 4.38. The molecule has 0 aromatic carbocycles. The highest BCUT2D eigenvalue weighted by Gasteiger charge is 2.25. The lowest BCUT2D eigenvalue weighted by atomic mass is 9.92. The topological polar surface area (TPSA) is 111 Å². The minimum Gasteiger partial charge on any atom is -0.460 e. The van der Waals surface area contributed by atoms with Gasteiger partial charge in [-0.2, -0.15) is 0 Å². The normalized spacial score (nSPS) is 13.6. The van der Waals surface area contributed by atoms with Gasteiger partial charge in [0.2, 0.25) is 12.2 Å². The number of aliphatic imine (C=N–C) groups is 2. The molecule has 0 amide bonds. The van der Waals surface area contributed by atoms with Gasteiger partial charge >= 0.3 is 11.9 Å². The minimum absolute atomic E-state index is 0.0337. The number of hydrogen-bond donors (Lipinski definition) is 0. The standard InChI is InChI=1S/C14H16N2O6/c17-9-15-5-7-21-13(19)11-3-1-2-4-12(11)14(20)22-8-6-16-10-18/h1-8H2. The van der Waals surface area contributed by atoms with Crippen LogP contribution in [-0.4, -0.2) is 50.4 Å². The molecule has 0 bridgehead atoms. The molecule has 1 aliphatic rings. The number of rotatable bonds is 8. The van der Waals surface area contributed by atoms with E-state index in [0.29, 0.717) is 24.0 Å². The van der Waals surface area contributed by atoms with Crippen LogP contribution in [0.25, 0.3) is 0 Å². The van der Waals surface area contributed by atoms with Crippen molar-refractivity contribution < 1.29 is 28.7 Å². The monoisotopic (exact) mass is 308 g/mol. The number of carbonyl (C=O) groups is 2. The molecule has 0 spiro atoms. The van der Waals surface area contributed by atoms with E-state index in [1.165, 1.54) is 12.2 Å². The first-order chi connectivity index (χ1) is 10.7. The number of nitrogens with zero attached hydrogens (tertiary/aromatic N) is 2. The molecule has 0 aromatic heterocycles. The quantitative estimate of drug-likeness (QED) is 0.281. The zero-order valence-electron chi connectivity index (χ0n) is 12.0. The van der Waals surface area contributed by atoms with Crippen LogP contribution >= 0.6 is 0 Å². The number of carbonyl (C=O) groups excluding carboxylic acids is 4. The maximum Gasteiger partial charge on any atom is 0.334 e. The molecule has 0 N–H and O–H groups in total. The Hall–Kier alpha value is -2.56. The van der Waals surface area contributed by atoms with Crippen molar-refractivity contribution in [2.75, 3.05) is 26.3 Å². The van der Waals surface area contributed by atoms with Crippen molar-refractivity contribution in [2.45, 2.75) is 25.7 Å². The zero-order valence-corrected chi connectivity index (χ0v) is 12.0. The maximum atomic E-state index is 12.0. The van der Waals surface area contributed by atoms with Gasteiger partial charge < -0.3 is 9.47 Å². The Bertz CT molecular complexity index is 494. The number of esters is 2. The van der Waals surface area contributed by atoms with E-state index in [1.54, 1.807) is 0 Å². The van der Waals surface area contributed by atoms with Crippen LogP contribution in [0.3, 0.4) is 0 Å². The summed E-state index contributed by atoms with van der Waals surface area (Å²) in [6, 6.07) is 0. The average Bonchev–Trinajstić information content (AvgIpc) is 2.55. The van der Waals surface area contributed by atoms with Crippen LogP contribution in [0.15, 0.2) is 21.1 Å². The molecule has 8 nitrogen and oxygen atoms in total. The van der Waals surface area contributed by atoms with Gasteiger partial charge in [-0.1, -0.05) is 0 Å². The van der Waals surface area contributed by atoms with Crippen LogP contribution in [0, 0.1) is 0 Å². The summed E-state index contributed by atoms with van der Waals surface area (Å²) in [5, 5.41) is 0. The van der Waals surface area contributed by atoms with Gasteiger partial charge in [-0.3, -0.25) is 0 Å². The molecule has 8 heteroatoms. The summed E-state index contributed by atoms with van der Waals surface area (Å²) >= 11 is 0. The minimum atomic E-state index is -0.598. The van der Waals surface area contributed by atoms with Gasteiger partial charge in [-0.25, -0.2) is 29.2 Å². The van der Waals surface area contributed by atoms with E-state index in [9.17, 15) is 19.2 Å². The summed E-state index contributed by atoms with van der Waals surface area (Å²) in [4.78, 5) is 50.3. The Morgan fingerprint density at radius 3 is 1.64 bits per heavy atom. The summed E-state index contributed by atoms with van der Waals surface area (Å²) in [6.07, 6.45) is 5.12. The Labute approximate surface area is 126 Å². The summed E-state index contributed by atoms with van der Waals surface area (Å²) in [5.41, 5.74) is 0.593. The van der Waals surface area contributed by atoms with E-state index >= 15 is 0 Å². The molecule has 0 heterocycles. The summed E-state index contributed by atoms with van der Waals surface area (Å²) in [7, 11) is 0. The lowest BCUT2D eigenvalue weighted by molar-refractivity contribution is -0.142. The number of hydrogen-bond acceptors (Lipinski definition) is 8. The first-order valence-electron chi connectivity index (χ1n) is 6.84. The molecule has 1 rings (SSSR count). The average molecular weight is 308 g/mol. The number of ether oxygens (including phenoxy) is 2. The molecule has 0 unspecified atom stereocenters. The molecular weight excluding hydrogens is 292 g/mol. The third-order valence-electron chi connectivity index (χ3n) is 2.96. The molecule has 1 aliphatic carbocycles. The van der Waals surface area contributed by atoms with Gasteiger partial charge in [0.1, 0.15) is 13.2 Å². The van der Waals surface area contributed by atoms with E-state index in [4.69, 9.17) is 9.47 Å². The van der Waals surface area contributed by atoms with Crippen molar-refractivity contribution >= 4 is 24.1 Å². The predicted molar refractivity (Wildman–Crippen MR) is 73.4 cm³/mol. The highest BCUT2D eigenvalue weighted by molar-refractivity contribution is 6.00. The van der Waals surface area contributed by atoms with Gasteiger partial charge in [0.05, 0.1) is 13.1 Å². The van der Waals surface area contributed by atoms with Gasteiger partial charge in [-0.05, 0) is 25.7 Å². The second kappa shape index (κ2) is 10.2. The zero-order chi connectivity index (χ0) is 16.2. The third kappa shape index (κ3) is 5.83. The highest BCUT2D eigenvalue weighted by Crippen LogP contribution is 2.26. The maximum absolute atomic E-state index is 12.0. The predicted octanol–water partition coefficient (Wildman–Crippen LogP) is 0.615. The Morgan fingerprint density at radius 2 is 1.27 bits per heavy atom. The Balaban J connectivity index is 2.65. The molecule has 22 heavy (non-hydrogen) atoms. The molecule has 0 radical (unpaired) electrons. The Morgan fingerprint density at radius 1 is 0.864 bits per heavy atom. The molecule has 0 aliphatic heterocycles. The van der Waals surface area contributed by atoms with Crippen molar-refractivity contribution in [3.05, 3.63) is 11.1 Å². The van der Waals surface area contributed by atoms with E-state index in [2.05, 4.69) is 9.98 Å². The van der Waals surface area contributed by atoms with Crippen LogP contribution < -0.4 is 0 Å². The lowest BCUT2D eigenvalue weighted by Gasteiger charge is -2.18. The molecule has 0 saturated heterocycles. The van der Waals surface area contributed by atoms with E-state index < -0.39 is 11.9 Å². The second-order valence-corrected chi connectivity index (χ2v) is 4.38. The van der Waals surface area contributed by atoms with Gasteiger partial charge in [0, 0.05) is 11.1 Å². The van der Waals surface area contributed by atoms with Gasteiger partial charge in [-0.15, -0.1) is 0 Å². The van der Waals surface area contributed by atoms with Crippen LogP contribution in [-0.2, 0) is 28.7 Å². The van der Waals surface area contributed by atoms with Crippen molar-refractivity contribution in [1.29, 1.82) is 0 Å². The largest absolute Gasteiger partial charge is 0.460 e. The summed E-state index contributed by atoms with van der Waals surface area (Å²) < 4.78 is 9.92. The van der Waals surface area contributed by atoms with Crippen molar-refractivity contribution in [2.24, 2.45) is 9.98 Å². The third-order valence-corrected chi connectivity index (χ3v) is 2.96. The van der Waals surface area contributed by atoms with E-state index in [-0.39, 0.29) is 26.3 Å². The van der Waals surface area contributed by atoms with Crippen molar-refractivity contribution in [3.8, 4) is 0 Å². The fourth-order valence-electron chi connectivity index (χ4n) is 1.99. The first kappa shape index (κ1) is 17.5. The van der Waals surface area contributed by atoms with Crippen LogP contribution in [0.4, 0.5) is 0 Å². The molecule has 0 aromatic rings. The Kier molecular flexibility index (Phi) is 8.12. The summed E-state index contributed by atoms with van der Waals surface area (Å²) in [5.74, 6) is -1.20. The van der Waals surface area contributed by atoms with Crippen molar-refractivity contribution in [3.63, 3.8) is 0 Å². The van der Waals surface area contributed by atoms with Gasteiger partial charge in [0.15, 0.2) is 0 Å².